The fraction of sp³-hybridized carbons (Fsp3) is 0.538. The minimum absolute atomic E-state index is 0.0651. The van der Waals surface area contributed by atoms with Crippen LogP contribution in [0.5, 0.6) is 0 Å². The number of benzene rings is 1. The lowest BCUT2D eigenvalue weighted by molar-refractivity contribution is -0.133. The molecule has 1 aliphatic carbocycles. The Labute approximate surface area is 216 Å². The summed E-state index contributed by atoms with van der Waals surface area (Å²) in [6.07, 6.45) is 1.03. The number of nitrogens with zero attached hydrogens (tertiary/aromatic N) is 4. The largest absolute Gasteiger partial charge is 0.444 e. The maximum atomic E-state index is 13.6. The number of anilines is 1. The van der Waals surface area contributed by atoms with Gasteiger partial charge in [-0.1, -0.05) is 30.7 Å². The summed E-state index contributed by atoms with van der Waals surface area (Å²) in [5, 5.41) is 13.6. The van der Waals surface area contributed by atoms with Gasteiger partial charge in [0, 0.05) is 43.3 Å². The van der Waals surface area contributed by atoms with E-state index >= 15 is 0 Å². The zero-order valence-electron chi connectivity index (χ0n) is 21.2. The second kappa shape index (κ2) is 10.6. The van der Waals surface area contributed by atoms with Crippen molar-refractivity contribution in [3.63, 3.8) is 0 Å². The topological polar surface area (TPSA) is 108 Å². The van der Waals surface area contributed by atoms with Gasteiger partial charge >= 0.3 is 6.09 Å². The molecule has 1 saturated heterocycles. The Morgan fingerprint density at radius 3 is 2.47 bits per heavy atom. The smallest absolute Gasteiger partial charge is 0.407 e. The summed E-state index contributed by atoms with van der Waals surface area (Å²) in [6.45, 7) is 9.85. The molecule has 1 aliphatic heterocycles. The number of carbonyl (C=O) groups is 2. The van der Waals surface area contributed by atoms with Gasteiger partial charge in [-0.3, -0.25) is 4.79 Å². The van der Waals surface area contributed by atoms with Gasteiger partial charge in [-0.2, -0.15) is 0 Å². The highest BCUT2D eigenvalue weighted by atomic mass is 35.5. The standard InChI is InChI=1S/C26H34ClN5O4/c1-16-13-20(33)22-21(16)23(30-15-29-22)31-9-11-32(12-10-31)24(34)19(17-5-7-18(27)8-6-17)14-28-25(35)36-26(2,3)4/h5-8,15-16,19-20,33H,9-14H2,1-4H3,(H,28,35)/t16-,19-,20-/m1/s1. The molecule has 194 valence electrons. The molecule has 36 heavy (non-hydrogen) atoms. The number of amides is 2. The number of carbonyl (C=O) groups excluding carboxylic acids is 2. The first kappa shape index (κ1) is 26.2. The van der Waals surface area contributed by atoms with Crippen molar-refractivity contribution >= 4 is 29.4 Å². The maximum absolute atomic E-state index is 13.6. The molecule has 4 rings (SSSR count). The van der Waals surface area contributed by atoms with Gasteiger partial charge in [0.15, 0.2) is 0 Å². The lowest BCUT2D eigenvalue weighted by Crippen LogP contribution is -2.51. The highest BCUT2D eigenvalue weighted by Crippen LogP contribution is 2.42. The predicted molar refractivity (Wildman–Crippen MR) is 137 cm³/mol. The van der Waals surface area contributed by atoms with E-state index in [1.807, 2.05) is 17.0 Å². The van der Waals surface area contributed by atoms with Crippen LogP contribution in [0.3, 0.4) is 0 Å². The van der Waals surface area contributed by atoms with Crippen molar-refractivity contribution in [1.29, 1.82) is 0 Å². The molecule has 2 heterocycles. The zero-order chi connectivity index (χ0) is 26.0. The number of alkyl carbamates (subject to hydrolysis) is 1. The van der Waals surface area contributed by atoms with Crippen LogP contribution in [0.15, 0.2) is 30.6 Å². The molecule has 3 atom stereocenters. The molecule has 0 bridgehead atoms. The second-order valence-electron chi connectivity index (χ2n) is 10.4. The fourth-order valence-electron chi connectivity index (χ4n) is 4.86. The Balaban J connectivity index is 1.45. The van der Waals surface area contributed by atoms with Gasteiger partial charge in [-0.15, -0.1) is 0 Å². The van der Waals surface area contributed by atoms with Gasteiger partial charge in [0.05, 0.1) is 17.7 Å². The fourth-order valence-corrected chi connectivity index (χ4v) is 4.98. The molecule has 9 nitrogen and oxygen atoms in total. The van der Waals surface area contributed by atoms with Crippen molar-refractivity contribution in [3.05, 3.63) is 52.4 Å². The first-order valence-corrected chi connectivity index (χ1v) is 12.7. The number of hydrogen-bond acceptors (Lipinski definition) is 7. The quantitative estimate of drug-likeness (QED) is 0.626. The number of hydrogen-bond donors (Lipinski definition) is 2. The molecule has 0 spiro atoms. The van der Waals surface area contributed by atoms with Crippen molar-refractivity contribution in [2.24, 2.45) is 0 Å². The minimum Gasteiger partial charge on any atom is -0.444 e. The van der Waals surface area contributed by atoms with Crippen molar-refractivity contribution in [1.82, 2.24) is 20.2 Å². The van der Waals surface area contributed by atoms with E-state index in [0.717, 1.165) is 16.9 Å². The monoisotopic (exact) mass is 515 g/mol. The summed E-state index contributed by atoms with van der Waals surface area (Å²) in [4.78, 5) is 38.7. The molecular weight excluding hydrogens is 482 g/mol. The number of aliphatic hydroxyl groups excluding tert-OH is 1. The Hall–Kier alpha value is -2.91. The number of aromatic nitrogens is 2. The number of halogens is 1. The summed E-state index contributed by atoms with van der Waals surface area (Å²) in [7, 11) is 0. The van der Waals surface area contributed by atoms with E-state index in [0.29, 0.717) is 43.3 Å². The maximum Gasteiger partial charge on any atom is 0.407 e. The van der Waals surface area contributed by atoms with E-state index in [9.17, 15) is 14.7 Å². The minimum atomic E-state index is -0.630. The average molecular weight is 516 g/mol. The summed E-state index contributed by atoms with van der Waals surface area (Å²) in [5.41, 5.74) is 1.86. The summed E-state index contributed by atoms with van der Waals surface area (Å²) in [5.74, 6) is 0.389. The van der Waals surface area contributed by atoms with Gasteiger partial charge in [-0.05, 0) is 50.8 Å². The van der Waals surface area contributed by atoms with E-state index in [1.165, 1.54) is 6.33 Å². The molecule has 1 aromatic heterocycles. The summed E-state index contributed by atoms with van der Waals surface area (Å²) >= 11 is 6.06. The lowest BCUT2D eigenvalue weighted by Gasteiger charge is -2.38. The normalized spacial score (nSPS) is 20.6. The van der Waals surface area contributed by atoms with Gasteiger partial charge < -0.3 is 25.0 Å². The van der Waals surface area contributed by atoms with Crippen LogP contribution in [0, 0.1) is 0 Å². The molecule has 10 heteroatoms. The third-order valence-corrected chi connectivity index (χ3v) is 6.84. The van der Waals surface area contributed by atoms with Crippen molar-refractivity contribution in [3.8, 4) is 0 Å². The Bertz CT molecular complexity index is 1100. The highest BCUT2D eigenvalue weighted by molar-refractivity contribution is 6.30. The average Bonchev–Trinajstić information content (AvgIpc) is 3.12. The van der Waals surface area contributed by atoms with Crippen molar-refractivity contribution < 1.29 is 19.4 Å². The van der Waals surface area contributed by atoms with Crippen LogP contribution < -0.4 is 10.2 Å². The van der Waals surface area contributed by atoms with Crippen LogP contribution in [0.1, 0.15) is 68.9 Å². The Morgan fingerprint density at radius 2 is 1.83 bits per heavy atom. The number of nitrogens with one attached hydrogen (secondary N) is 1. The third kappa shape index (κ3) is 5.90. The molecule has 2 N–H and O–H groups in total. The molecule has 0 unspecified atom stereocenters. The molecule has 0 saturated carbocycles. The van der Waals surface area contributed by atoms with E-state index in [4.69, 9.17) is 16.3 Å². The van der Waals surface area contributed by atoms with Crippen molar-refractivity contribution in [2.75, 3.05) is 37.6 Å². The van der Waals surface area contributed by atoms with Gasteiger partial charge in [0.2, 0.25) is 5.91 Å². The number of rotatable bonds is 5. The summed E-state index contributed by atoms with van der Waals surface area (Å²) < 4.78 is 5.35. The number of aliphatic hydroxyl groups is 1. The van der Waals surface area contributed by atoms with Crippen LogP contribution in [-0.2, 0) is 9.53 Å². The first-order chi connectivity index (χ1) is 17.0. The van der Waals surface area contributed by atoms with Crippen LogP contribution >= 0.6 is 11.6 Å². The molecule has 2 aliphatic rings. The molecule has 1 fully saturated rings. The summed E-state index contributed by atoms with van der Waals surface area (Å²) in [6, 6.07) is 7.12. The Kier molecular flexibility index (Phi) is 7.70. The van der Waals surface area contributed by atoms with E-state index < -0.39 is 23.7 Å². The van der Waals surface area contributed by atoms with Crippen LogP contribution in [-0.4, -0.2) is 70.3 Å². The van der Waals surface area contributed by atoms with E-state index in [-0.39, 0.29) is 18.4 Å². The molecular formula is C26H34ClN5O4. The number of ether oxygens (including phenoxy) is 1. The van der Waals surface area contributed by atoms with Gasteiger partial charge in [0.25, 0.3) is 0 Å². The molecule has 0 radical (unpaired) electrons. The number of piperazine rings is 1. The van der Waals surface area contributed by atoms with Crippen LogP contribution in [0.2, 0.25) is 5.02 Å². The lowest BCUT2D eigenvalue weighted by atomic mass is 9.97. The SMILES string of the molecule is C[C@@H]1C[C@@H](O)c2ncnc(N3CCN(C(=O)[C@H](CNC(=O)OC(C)(C)C)c4ccc(Cl)cc4)CC3)c21. The van der Waals surface area contributed by atoms with Gasteiger partial charge in [-0.25, -0.2) is 14.8 Å². The zero-order valence-corrected chi connectivity index (χ0v) is 22.0. The Morgan fingerprint density at radius 1 is 1.17 bits per heavy atom. The second-order valence-corrected chi connectivity index (χ2v) is 10.9. The number of fused-ring (bicyclic) bond motifs is 1. The molecule has 2 aromatic rings. The third-order valence-electron chi connectivity index (χ3n) is 6.59. The van der Waals surface area contributed by atoms with Crippen LogP contribution in [0.25, 0.3) is 0 Å². The molecule has 2 amide bonds. The predicted octanol–water partition coefficient (Wildman–Crippen LogP) is 3.63. The van der Waals surface area contributed by atoms with E-state index in [1.54, 1.807) is 32.9 Å². The van der Waals surface area contributed by atoms with E-state index in [2.05, 4.69) is 27.1 Å². The first-order valence-electron chi connectivity index (χ1n) is 12.3. The van der Waals surface area contributed by atoms with Crippen molar-refractivity contribution in [2.45, 2.75) is 57.7 Å². The van der Waals surface area contributed by atoms with Crippen LogP contribution in [0.4, 0.5) is 10.6 Å². The highest BCUT2D eigenvalue weighted by Gasteiger charge is 2.35. The molecule has 1 aromatic carbocycles. The van der Waals surface area contributed by atoms with Gasteiger partial charge in [0.1, 0.15) is 17.7 Å².